The van der Waals surface area contributed by atoms with Crippen molar-refractivity contribution in [3.63, 3.8) is 0 Å². The lowest BCUT2D eigenvalue weighted by atomic mass is 9.96. The number of nitrogens with zero attached hydrogens (tertiary/aromatic N) is 2. The van der Waals surface area contributed by atoms with Gasteiger partial charge in [0.25, 0.3) is 5.91 Å². The van der Waals surface area contributed by atoms with Crippen LogP contribution < -0.4 is 4.90 Å². The van der Waals surface area contributed by atoms with Gasteiger partial charge in [0.1, 0.15) is 11.6 Å². The van der Waals surface area contributed by atoms with E-state index in [1.54, 1.807) is 29.6 Å². The first-order valence-electron chi connectivity index (χ1n) is 7.34. The molecule has 0 spiro atoms. The molecule has 2 atom stereocenters. The Bertz CT molecular complexity index is 871. The number of amides is 2. The van der Waals surface area contributed by atoms with Crippen LogP contribution in [0.2, 0.25) is 0 Å². The Morgan fingerprint density at radius 1 is 1.17 bits per heavy atom. The number of aryl methyl sites for hydroxylation is 1. The van der Waals surface area contributed by atoms with Gasteiger partial charge < -0.3 is 4.84 Å². The van der Waals surface area contributed by atoms with Crippen LogP contribution in [-0.2, 0) is 14.4 Å². The first kappa shape index (κ1) is 14.8. The van der Waals surface area contributed by atoms with Gasteiger partial charge in [0.15, 0.2) is 0 Å². The third-order valence-electron chi connectivity index (χ3n) is 4.08. The van der Waals surface area contributed by atoms with Crippen LogP contribution >= 0.6 is 11.3 Å². The lowest BCUT2D eigenvalue weighted by Gasteiger charge is -2.15. The fraction of sp³-hybridized carbons (Fsp3) is 0.176. The minimum absolute atomic E-state index is 0.00425. The minimum Gasteiger partial charge on any atom is -0.381 e. The zero-order valence-electron chi connectivity index (χ0n) is 12.6. The molecule has 0 unspecified atom stereocenters. The molecule has 1 saturated heterocycles. The molecule has 2 aliphatic heterocycles. The molecule has 1 aromatic carbocycles. The van der Waals surface area contributed by atoms with Crippen molar-refractivity contribution in [2.45, 2.75) is 13.0 Å². The molecule has 1 aromatic heterocycles. The summed E-state index contributed by atoms with van der Waals surface area (Å²) in [5.41, 5.74) is 1.48. The van der Waals surface area contributed by atoms with E-state index in [1.165, 1.54) is 11.3 Å². The number of thiophene rings is 1. The maximum Gasteiger partial charge on any atom is 0.278 e. The number of fused-ring (bicyclic) bond motifs is 1. The summed E-state index contributed by atoms with van der Waals surface area (Å²) in [5, 5.41) is 5.49. The standard InChI is InChI=1S/C17H12N2O4S/c1-9-4-6-10(7-5-9)19-16(21)12-13(18-23-15(12)17(19)22)14(20)11-3-2-8-24-11/h2-8,12,15H,1H3/t12-,15-/m1/s1. The fourth-order valence-electron chi connectivity index (χ4n) is 2.85. The van der Waals surface area contributed by atoms with Crippen molar-refractivity contribution in [3.8, 4) is 0 Å². The summed E-state index contributed by atoms with van der Waals surface area (Å²) in [6.45, 7) is 1.92. The average molecular weight is 340 g/mol. The normalized spacial score (nSPS) is 22.4. The van der Waals surface area contributed by atoms with E-state index in [0.717, 1.165) is 10.5 Å². The van der Waals surface area contributed by atoms with Crippen LogP contribution in [0, 0.1) is 12.8 Å². The van der Waals surface area contributed by atoms with Gasteiger partial charge in [-0.1, -0.05) is 28.9 Å². The number of anilines is 1. The monoisotopic (exact) mass is 340 g/mol. The highest BCUT2D eigenvalue weighted by atomic mass is 32.1. The van der Waals surface area contributed by atoms with E-state index in [2.05, 4.69) is 5.16 Å². The van der Waals surface area contributed by atoms with Crippen LogP contribution in [0.5, 0.6) is 0 Å². The summed E-state index contributed by atoms with van der Waals surface area (Å²) in [6, 6.07) is 10.4. The van der Waals surface area contributed by atoms with Gasteiger partial charge in [-0.15, -0.1) is 11.3 Å². The van der Waals surface area contributed by atoms with Gasteiger partial charge in [0, 0.05) is 0 Å². The van der Waals surface area contributed by atoms with E-state index in [9.17, 15) is 14.4 Å². The molecule has 2 aliphatic rings. The van der Waals surface area contributed by atoms with Gasteiger partial charge >= 0.3 is 0 Å². The number of benzene rings is 1. The lowest BCUT2D eigenvalue weighted by Crippen LogP contribution is -2.34. The second kappa shape index (κ2) is 5.38. The smallest absolute Gasteiger partial charge is 0.278 e. The van der Waals surface area contributed by atoms with Crippen molar-refractivity contribution in [1.29, 1.82) is 0 Å². The molecule has 0 bridgehead atoms. The third kappa shape index (κ3) is 2.09. The molecule has 2 amide bonds. The predicted octanol–water partition coefficient (Wildman–Crippen LogP) is 2.18. The van der Waals surface area contributed by atoms with Gasteiger partial charge in [-0.2, -0.15) is 0 Å². The molecule has 0 radical (unpaired) electrons. The van der Waals surface area contributed by atoms with Gasteiger partial charge in [-0.25, -0.2) is 4.90 Å². The molecule has 2 aromatic rings. The van der Waals surface area contributed by atoms with Crippen molar-refractivity contribution >= 4 is 40.3 Å². The predicted molar refractivity (Wildman–Crippen MR) is 88.1 cm³/mol. The van der Waals surface area contributed by atoms with Crippen molar-refractivity contribution in [2.75, 3.05) is 4.90 Å². The SMILES string of the molecule is Cc1ccc(N2C(=O)[C@@H]3C(C(=O)c4cccs4)=NO[C@H]3C2=O)cc1. The number of Topliss-reactive ketones (excluding diaryl/α,β-unsaturated/α-hetero) is 1. The van der Waals surface area contributed by atoms with Crippen LogP contribution in [0.15, 0.2) is 46.9 Å². The highest BCUT2D eigenvalue weighted by Gasteiger charge is 2.57. The molecule has 4 rings (SSSR count). The summed E-state index contributed by atoms with van der Waals surface area (Å²) < 4.78 is 0. The van der Waals surface area contributed by atoms with Crippen molar-refractivity contribution in [1.82, 2.24) is 0 Å². The van der Waals surface area contributed by atoms with E-state index >= 15 is 0 Å². The van der Waals surface area contributed by atoms with E-state index in [0.29, 0.717) is 10.6 Å². The zero-order chi connectivity index (χ0) is 16.8. The quantitative estimate of drug-likeness (QED) is 0.634. The summed E-state index contributed by atoms with van der Waals surface area (Å²) in [6.07, 6.45) is -1.06. The Kier molecular flexibility index (Phi) is 3.31. The average Bonchev–Trinajstić information content (AvgIpc) is 3.29. The van der Waals surface area contributed by atoms with Crippen molar-refractivity contribution < 1.29 is 19.2 Å². The van der Waals surface area contributed by atoms with E-state index in [4.69, 9.17) is 4.84 Å². The van der Waals surface area contributed by atoms with Gasteiger partial charge in [-0.05, 0) is 30.5 Å². The second-order valence-corrected chi connectivity index (χ2v) is 6.58. The first-order valence-corrected chi connectivity index (χ1v) is 8.22. The number of carbonyl (C=O) groups is 3. The van der Waals surface area contributed by atoms with Crippen molar-refractivity contribution in [2.24, 2.45) is 11.1 Å². The molecule has 0 N–H and O–H groups in total. The number of hydrogen-bond acceptors (Lipinski definition) is 6. The van der Waals surface area contributed by atoms with Gasteiger partial charge in [0.05, 0.1) is 10.6 Å². The largest absolute Gasteiger partial charge is 0.381 e. The highest BCUT2D eigenvalue weighted by Crippen LogP contribution is 2.34. The maximum absolute atomic E-state index is 12.8. The van der Waals surface area contributed by atoms with E-state index in [-0.39, 0.29) is 11.5 Å². The number of oxime groups is 1. The number of ketones is 1. The molecular weight excluding hydrogens is 328 g/mol. The minimum atomic E-state index is -1.06. The Balaban J connectivity index is 1.67. The Hall–Kier alpha value is -2.80. The number of rotatable bonds is 3. The van der Waals surface area contributed by atoms with Crippen LogP contribution in [0.4, 0.5) is 5.69 Å². The molecule has 1 fully saturated rings. The second-order valence-electron chi connectivity index (χ2n) is 5.63. The number of hydrogen-bond donors (Lipinski definition) is 0. The fourth-order valence-corrected chi connectivity index (χ4v) is 3.52. The van der Waals surface area contributed by atoms with Crippen LogP contribution in [-0.4, -0.2) is 29.4 Å². The Labute approximate surface area is 141 Å². The summed E-state index contributed by atoms with van der Waals surface area (Å²) in [4.78, 5) is 44.5. The molecule has 6 nitrogen and oxygen atoms in total. The summed E-state index contributed by atoms with van der Waals surface area (Å²) in [5.74, 6) is -2.32. The zero-order valence-corrected chi connectivity index (χ0v) is 13.4. The molecule has 0 saturated carbocycles. The number of imide groups is 1. The summed E-state index contributed by atoms with van der Waals surface area (Å²) in [7, 11) is 0. The first-order chi connectivity index (χ1) is 11.6. The van der Waals surface area contributed by atoms with Gasteiger partial charge in [-0.3, -0.25) is 14.4 Å². The van der Waals surface area contributed by atoms with Crippen LogP contribution in [0.1, 0.15) is 15.2 Å². The molecule has 3 heterocycles. The van der Waals surface area contributed by atoms with Crippen LogP contribution in [0.3, 0.4) is 0 Å². The molecule has 7 heteroatoms. The third-order valence-corrected chi connectivity index (χ3v) is 4.95. The molecule has 24 heavy (non-hydrogen) atoms. The summed E-state index contributed by atoms with van der Waals surface area (Å²) >= 11 is 1.26. The Morgan fingerprint density at radius 3 is 2.58 bits per heavy atom. The van der Waals surface area contributed by atoms with E-state index in [1.807, 2.05) is 19.1 Å². The molecule has 0 aliphatic carbocycles. The number of carbonyl (C=O) groups excluding carboxylic acids is 3. The maximum atomic E-state index is 12.8. The molecular formula is C17H12N2O4S. The Morgan fingerprint density at radius 2 is 1.92 bits per heavy atom. The molecule has 120 valence electrons. The lowest BCUT2D eigenvalue weighted by molar-refractivity contribution is -0.126. The topological polar surface area (TPSA) is 76.0 Å². The van der Waals surface area contributed by atoms with Gasteiger partial charge in [0.2, 0.25) is 17.8 Å². The van der Waals surface area contributed by atoms with E-state index < -0.39 is 23.8 Å². The van der Waals surface area contributed by atoms with Crippen molar-refractivity contribution in [3.05, 3.63) is 52.2 Å². The highest BCUT2D eigenvalue weighted by molar-refractivity contribution is 7.13. The van der Waals surface area contributed by atoms with Crippen LogP contribution in [0.25, 0.3) is 0 Å².